The van der Waals surface area contributed by atoms with Gasteiger partial charge in [0.2, 0.25) is 11.8 Å². The third kappa shape index (κ3) is 2.49. The zero-order chi connectivity index (χ0) is 13.4. The predicted molar refractivity (Wildman–Crippen MR) is 74.1 cm³/mol. The van der Waals surface area contributed by atoms with Crippen molar-refractivity contribution in [2.24, 2.45) is 0 Å². The van der Waals surface area contributed by atoms with Crippen LogP contribution in [0.5, 0.6) is 0 Å². The van der Waals surface area contributed by atoms with Crippen LogP contribution in [-0.2, 0) is 16.1 Å². The fourth-order valence-electron chi connectivity index (χ4n) is 2.80. The highest BCUT2D eigenvalue weighted by atomic mass is 35.5. The Morgan fingerprint density at radius 3 is 2.89 bits per heavy atom. The lowest BCUT2D eigenvalue weighted by atomic mass is 10.2. The second kappa shape index (κ2) is 5.13. The van der Waals surface area contributed by atoms with Crippen LogP contribution in [0.1, 0.15) is 24.1 Å². The summed E-state index contributed by atoms with van der Waals surface area (Å²) in [4.78, 5) is 29.1. The molecule has 2 aliphatic heterocycles. The fourth-order valence-corrected chi connectivity index (χ4v) is 3.90. The maximum absolute atomic E-state index is 12.5. The second-order valence-corrected chi connectivity index (χ2v) is 6.76. The van der Waals surface area contributed by atoms with Crippen molar-refractivity contribution < 1.29 is 9.59 Å². The van der Waals surface area contributed by atoms with Gasteiger partial charge in [-0.15, -0.1) is 11.3 Å². The number of nitrogens with zero attached hydrogens (tertiary/aromatic N) is 2. The molecule has 0 N–H and O–H groups in total. The average Bonchev–Trinajstić information content (AvgIpc) is 2.99. The monoisotopic (exact) mass is 298 g/mol. The Labute approximate surface area is 120 Å². The minimum absolute atomic E-state index is 0.0906. The molecule has 0 saturated carbocycles. The molecule has 19 heavy (non-hydrogen) atoms. The van der Waals surface area contributed by atoms with Crippen LogP contribution >= 0.6 is 22.9 Å². The molecule has 0 bridgehead atoms. The van der Waals surface area contributed by atoms with Gasteiger partial charge in [0, 0.05) is 24.4 Å². The molecule has 6 heteroatoms. The van der Waals surface area contributed by atoms with Crippen LogP contribution in [0.15, 0.2) is 12.1 Å². The molecular formula is C13H15ClN2O2S. The van der Waals surface area contributed by atoms with E-state index in [0.29, 0.717) is 19.5 Å². The lowest BCUT2D eigenvalue weighted by Gasteiger charge is -2.24. The van der Waals surface area contributed by atoms with Gasteiger partial charge < -0.3 is 9.80 Å². The Balaban J connectivity index is 1.78. The van der Waals surface area contributed by atoms with Crippen LogP contribution in [0.4, 0.5) is 0 Å². The molecule has 3 rings (SSSR count). The first-order valence-corrected chi connectivity index (χ1v) is 7.67. The van der Waals surface area contributed by atoms with Crippen molar-refractivity contribution in [1.29, 1.82) is 0 Å². The van der Waals surface area contributed by atoms with E-state index in [1.165, 1.54) is 11.3 Å². The summed E-state index contributed by atoms with van der Waals surface area (Å²) in [6.45, 7) is 1.81. The standard InChI is InChI=1S/C13H15ClN2O2S/c14-11-4-3-9(19-11)8-15-7-5-12(17)16-6-1-2-10(16)13(15)18/h3-4,10H,1-2,5-8H2. The van der Waals surface area contributed by atoms with Crippen molar-refractivity contribution in [2.45, 2.75) is 31.8 Å². The van der Waals surface area contributed by atoms with Crippen molar-refractivity contribution in [3.63, 3.8) is 0 Å². The largest absolute Gasteiger partial charge is 0.335 e. The molecule has 0 radical (unpaired) electrons. The van der Waals surface area contributed by atoms with E-state index >= 15 is 0 Å². The van der Waals surface area contributed by atoms with Gasteiger partial charge >= 0.3 is 0 Å². The molecule has 1 unspecified atom stereocenters. The van der Waals surface area contributed by atoms with Gasteiger partial charge in [-0.25, -0.2) is 0 Å². The quantitative estimate of drug-likeness (QED) is 0.839. The molecule has 1 aromatic heterocycles. The number of hydrogen-bond acceptors (Lipinski definition) is 3. The summed E-state index contributed by atoms with van der Waals surface area (Å²) in [7, 11) is 0. The van der Waals surface area contributed by atoms with Gasteiger partial charge in [-0.2, -0.15) is 0 Å². The first kappa shape index (κ1) is 12.9. The number of hydrogen-bond donors (Lipinski definition) is 0. The highest BCUT2D eigenvalue weighted by molar-refractivity contribution is 7.16. The molecular weight excluding hydrogens is 284 g/mol. The Hall–Kier alpha value is -1.07. The van der Waals surface area contributed by atoms with Crippen LogP contribution < -0.4 is 0 Å². The van der Waals surface area contributed by atoms with Crippen molar-refractivity contribution in [3.05, 3.63) is 21.3 Å². The van der Waals surface area contributed by atoms with Gasteiger partial charge in [-0.3, -0.25) is 9.59 Å². The minimum Gasteiger partial charge on any atom is -0.335 e. The summed E-state index contributed by atoms with van der Waals surface area (Å²) in [5.74, 6) is 0.204. The van der Waals surface area contributed by atoms with Gasteiger partial charge in [-0.05, 0) is 25.0 Å². The van der Waals surface area contributed by atoms with Gasteiger partial charge in [0.15, 0.2) is 0 Å². The van der Waals surface area contributed by atoms with E-state index in [4.69, 9.17) is 11.6 Å². The van der Waals surface area contributed by atoms with Crippen LogP contribution in [0.2, 0.25) is 4.34 Å². The number of halogens is 1. The van der Waals surface area contributed by atoms with E-state index < -0.39 is 0 Å². The normalized spacial score (nSPS) is 23.7. The smallest absolute Gasteiger partial charge is 0.245 e. The average molecular weight is 299 g/mol. The highest BCUT2D eigenvalue weighted by Crippen LogP contribution is 2.27. The van der Waals surface area contributed by atoms with E-state index in [0.717, 1.165) is 28.6 Å². The van der Waals surface area contributed by atoms with Gasteiger partial charge in [0.25, 0.3) is 0 Å². The van der Waals surface area contributed by atoms with Gasteiger partial charge in [0.05, 0.1) is 10.9 Å². The Kier molecular flexibility index (Phi) is 3.50. The number of carbonyl (C=O) groups is 2. The molecule has 0 spiro atoms. The van der Waals surface area contributed by atoms with Crippen molar-refractivity contribution in [3.8, 4) is 0 Å². The maximum atomic E-state index is 12.5. The second-order valence-electron chi connectivity index (χ2n) is 4.96. The number of carbonyl (C=O) groups excluding carboxylic acids is 2. The van der Waals surface area contributed by atoms with Crippen LogP contribution in [0, 0.1) is 0 Å². The van der Waals surface area contributed by atoms with Crippen LogP contribution in [0.3, 0.4) is 0 Å². The van der Waals surface area contributed by atoms with E-state index in [1.54, 1.807) is 9.80 Å². The topological polar surface area (TPSA) is 40.6 Å². The third-order valence-electron chi connectivity index (χ3n) is 3.74. The Morgan fingerprint density at radius 2 is 2.16 bits per heavy atom. The molecule has 102 valence electrons. The van der Waals surface area contributed by atoms with Crippen molar-refractivity contribution in [2.75, 3.05) is 13.1 Å². The summed E-state index contributed by atoms with van der Waals surface area (Å²) in [6.07, 6.45) is 2.16. The molecule has 4 nitrogen and oxygen atoms in total. The van der Waals surface area contributed by atoms with Crippen molar-refractivity contribution >= 4 is 34.8 Å². The lowest BCUT2D eigenvalue weighted by Crippen LogP contribution is -2.43. The molecule has 0 aliphatic carbocycles. The summed E-state index contributed by atoms with van der Waals surface area (Å²) in [6, 6.07) is 3.56. The van der Waals surface area contributed by atoms with E-state index in [1.807, 2.05) is 12.1 Å². The number of amides is 2. The number of rotatable bonds is 2. The minimum atomic E-state index is -0.231. The molecule has 1 atom stereocenters. The predicted octanol–water partition coefficient (Wildman–Crippen LogP) is 2.12. The molecule has 2 fully saturated rings. The molecule has 2 saturated heterocycles. The zero-order valence-corrected chi connectivity index (χ0v) is 12.0. The Bertz CT molecular complexity index is 516. The highest BCUT2D eigenvalue weighted by Gasteiger charge is 2.39. The SMILES string of the molecule is O=C1C2CCCN2C(=O)CCN1Cc1ccc(Cl)s1. The van der Waals surface area contributed by atoms with E-state index in [-0.39, 0.29) is 17.9 Å². The first-order chi connectivity index (χ1) is 9.15. The summed E-state index contributed by atoms with van der Waals surface area (Å²) >= 11 is 7.40. The first-order valence-electron chi connectivity index (χ1n) is 6.47. The van der Waals surface area contributed by atoms with E-state index in [2.05, 4.69) is 0 Å². The molecule has 0 aromatic carbocycles. The summed E-state index contributed by atoms with van der Waals surface area (Å²) in [5, 5.41) is 0. The van der Waals surface area contributed by atoms with E-state index in [9.17, 15) is 9.59 Å². The number of fused-ring (bicyclic) bond motifs is 1. The third-order valence-corrected chi connectivity index (χ3v) is 4.96. The number of thiophene rings is 1. The fraction of sp³-hybridized carbons (Fsp3) is 0.538. The molecule has 2 aliphatic rings. The van der Waals surface area contributed by atoms with Crippen LogP contribution in [0.25, 0.3) is 0 Å². The van der Waals surface area contributed by atoms with Crippen molar-refractivity contribution in [1.82, 2.24) is 9.80 Å². The van der Waals surface area contributed by atoms with Crippen LogP contribution in [-0.4, -0.2) is 40.7 Å². The van der Waals surface area contributed by atoms with Gasteiger partial charge in [0.1, 0.15) is 6.04 Å². The molecule has 1 aromatic rings. The molecule has 3 heterocycles. The summed E-state index contributed by atoms with van der Waals surface area (Å²) in [5.41, 5.74) is 0. The Morgan fingerprint density at radius 1 is 1.32 bits per heavy atom. The lowest BCUT2D eigenvalue weighted by molar-refractivity contribution is -0.139. The van der Waals surface area contributed by atoms with Gasteiger partial charge in [-0.1, -0.05) is 11.6 Å². The zero-order valence-electron chi connectivity index (χ0n) is 10.5. The summed E-state index contributed by atoms with van der Waals surface area (Å²) < 4.78 is 0.732. The maximum Gasteiger partial charge on any atom is 0.245 e. The molecule has 2 amide bonds.